The number of nitrogens with one attached hydrogen (secondary N) is 1. The van der Waals surface area contributed by atoms with Crippen LogP contribution in [0.1, 0.15) is 5.56 Å². The minimum Gasteiger partial charge on any atom is -0.489 e. The normalized spacial score (nSPS) is 10.7. The molecule has 0 radical (unpaired) electrons. The molecule has 140 valence electrons. The number of amides is 1. The fourth-order valence-electron chi connectivity index (χ4n) is 2.88. The molecule has 0 unspecified atom stereocenters. The first-order chi connectivity index (χ1) is 13.7. The monoisotopic (exact) mass is 374 g/mol. The largest absolute Gasteiger partial charge is 0.489 e. The molecule has 4 rings (SSSR count). The third-order valence-electron chi connectivity index (χ3n) is 4.26. The van der Waals surface area contributed by atoms with Gasteiger partial charge in [0.2, 0.25) is 5.91 Å². The molecular formula is C22H18N2O4. The van der Waals surface area contributed by atoms with Crippen molar-refractivity contribution in [2.45, 2.75) is 13.2 Å². The number of hydrogen-bond acceptors (Lipinski definition) is 4. The van der Waals surface area contributed by atoms with Crippen molar-refractivity contribution in [2.24, 2.45) is 0 Å². The average molecular weight is 374 g/mol. The Morgan fingerprint density at radius 3 is 2.43 bits per heavy atom. The summed E-state index contributed by atoms with van der Waals surface area (Å²) in [7, 11) is 0. The summed E-state index contributed by atoms with van der Waals surface area (Å²) in [5, 5.41) is 2.78. The molecule has 3 aromatic carbocycles. The molecule has 0 saturated carbocycles. The van der Waals surface area contributed by atoms with Crippen molar-refractivity contribution in [1.82, 2.24) is 4.57 Å². The van der Waals surface area contributed by atoms with E-state index in [0.717, 1.165) is 5.56 Å². The second-order valence-electron chi connectivity index (χ2n) is 6.27. The fourth-order valence-corrected chi connectivity index (χ4v) is 2.88. The predicted octanol–water partition coefficient (Wildman–Crippen LogP) is 3.81. The highest BCUT2D eigenvalue weighted by Crippen LogP contribution is 2.17. The van der Waals surface area contributed by atoms with E-state index in [2.05, 4.69) is 5.32 Å². The molecule has 0 aliphatic rings. The van der Waals surface area contributed by atoms with Crippen molar-refractivity contribution >= 4 is 22.7 Å². The van der Waals surface area contributed by atoms with E-state index >= 15 is 0 Å². The molecular weight excluding hydrogens is 356 g/mol. The van der Waals surface area contributed by atoms with Gasteiger partial charge in [0, 0.05) is 5.69 Å². The number of ether oxygens (including phenoxy) is 1. The number of carbonyl (C=O) groups is 1. The number of rotatable bonds is 6. The van der Waals surface area contributed by atoms with Crippen LogP contribution in [0, 0.1) is 0 Å². The number of hydrogen-bond donors (Lipinski definition) is 1. The van der Waals surface area contributed by atoms with E-state index in [0.29, 0.717) is 29.1 Å². The van der Waals surface area contributed by atoms with Gasteiger partial charge in [-0.3, -0.25) is 9.36 Å². The zero-order valence-electron chi connectivity index (χ0n) is 15.0. The van der Waals surface area contributed by atoms with Crippen LogP contribution < -0.4 is 15.8 Å². The zero-order valence-corrected chi connectivity index (χ0v) is 15.0. The number of oxazole rings is 1. The van der Waals surface area contributed by atoms with E-state index in [1.165, 1.54) is 4.57 Å². The number of fused-ring (bicyclic) bond motifs is 1. The maximum absolute atomic E-state index is 12.3. The van der Waals surface area contributed by atoms with Gasteiger partial charge >= 0.3 is 5.76 Å². The number of aromatic nitrogens is 1. The van der Waals surface area contributed by atoms with Gasteiger partial charge < -0.3 is 14.5 Å². The fraction of sp³-hybridized carbons (Fsp3) is 0.0909. The molecule has 0 bridgehead atoms. The number of nitrogens with zero attached hydrogens (tertiary/aromatic N) is 1. The molecule has 0 saturated heterocycles. The Bertz CT molecular complexity index is 1140. The van der Waals surface area contributed by atoms with Crippen LogP contribution in [-0.4, -0.2) is 10.5 Å². The molecule has 4 aromatic rings. The lowest BCUT2D eigenvalue weighted by Crippen LogP contribution is -2.24. The first kappa shape index (κ1) is 17.6. The quantitative estimate of drug-likeness (QED) is 0.557. The molecule has 0 fully saturated rings. The van der Waals surface area contributed by atoms with Gasteiger partial charge in [0.25, 0.3) is 0 Å². The van der Waals surface area contributed by atoms with Crippen molar-refractivity contribution in [3.8, 4) is 5.75 Å². The molecule has 0 aliphatic heterocycles. The second-order valence-corrected chi connectivity index (χ2v) is 6.27. The number of benzene rings is 3. The average Bonchev–Trinajstić information content (AvgIpc) is 3.03. The first-order valence-electron chi connectivity index (χ1n) is 8.84. The third-order valence-corrected chi connectivity index (χ3v) is 4.26. The Morgan fingerprint density at radius 1 is 0.929 bits per heavy atom. The second kappa shape index (κ2) is 7.84. The van der Waals surface area contributed by atoms with E-state index < -0.39 is 5.76 Å². The maximum Gasteiger partial charge on any atom is 0.420 e. The Morgan fingerprint density at radius 2 is 1.64 bits per heavy atom. The van der Waals surface area contributed by atoms with Gasteiger partial charge in [-0.1, -0.05) is 42.5 Å². The Labute approximate surface area is 161 Å². The molecule has 0 aliphatic carbocycles. The summed E-state index contributed by atoms with van der Waals surface area (Å²) >= 11 is 0. The molecule has 6 heteroatoms. The summed E-state index contributed by atoms with van der Waals surface area (Å²) < 4.78 is 12.2. The van der Waals surface area contributed by atoms with Crippen molar-refractivity contribution in [3.05, 3.63) is 95.0 Å². The van der Waals surface area contributed by atoms with Crippen molar-refractivity contribution in [2.75, 3.05) is 5.32 Å². The SMILES string of the molecule is O=C(Cn1c(=O)oc2ccccc21)Nc1ccc(OCc2ccccc2)cc1. The molecule has 1 N–H and O–H groups in total. The van der Waals surface area contributed by atoms with Crippen LogP contribution in [0.2, 0.25) is 0 Å². The molecule has 6 nitrogen and oxygen atoms in total. The highest BCUT2D eigenvalue weighted by atomic mass is 16.5. The van der Waals surface area contributed by atoms with Crippen LogP contribution in [0.3, 0.4) is 0 Å². The summed E-state index contributed by atoms with van der Waals surface area (Å²) in [5.74, 6) is -0.161. The van der Waals surface area contributed by atoms with Crippen LogP contribution >= 0.6 is 0 Å². The predicted molar refractivity (Wildman–Crippen MR) is 106 cm³/mol. The number of anilines is 1. The molecule has 1 amide bonds. The lowest BCUT2D eigenvalue weighted by Gasteiger charge is -2.09. The Kier molecular flexibility index (Phi) is 4.93. The molecule has 1 heterocycles. The summed E-state index contributed by atoms with van der Waals surface area (Å²) in [6.07, 6.45) is 0. The van der Waals surface area contributed by atoms with Crippen molar-refractivity contribution in [3.63, 3.8) is 0 Å². The van der Waals surface area contributed by atoms with E-state index in [-0.39, 0.29) is 12.5 Å². The smallest absolute Gasteiger partial charge is 0.420 e. The van der Waals surface area contributed by atoms with Crippen LogP contribution in [0.25, 0.3) is 11.1 Å². The lowest BCUT2D eigenvalue weighted by atomic mass is 10.2. The van der Waals surface area contributed by atoms with E-state index in [4.69, 9.17) is 9.15 Å². The first-order valence-corrected chi connectivity index (χ1v) is 8.84. The maximum atomic E-state index is 12.3. The lowest BCUT2D eigenvalue weighted by molar-refractivity contribution is -0.116. The zero-order chi connectivity index (χ0) is 19.3. The molecule has 0 atom stereocenters. The summed E-state index contributed by atoms with van der Waals surface area (Å²) in [6.45, 7) is 0.352. The minimum absolute atomic E-state index is 0.123. The van der Waals surface area contributed by atoms with Gasteiger partial charge in [0.05, 0.1) is 5.52 Å². The van der Waals surface area contributed by atoms with Crippen LogP contribution in [0.4, 0.5) is 5.69 Å². The minimum atomic E-state index is -0.555. The molecule has 1 aromatic heterocycles. The Hall–Kier alpha value is -3.80. The van der Waals surface area contributed by atoms with Crippen LogP contribution in [-0.2, 0) is 17.9 Å². The topological polar surface area (TPSA) is 73.5 Å². The Balaban J connectivity index is 1.38. The summed E-state index contributed by atoms with van der Waals surface area (Å²) in [5.41, 5.74) is 2.75. The summed E-state index contributed by atoms with van der Waals surface area (Å²) in [6, 6.07) is 24.0. The van der Waals surface area contributed by atoms with Crippen molar-refractivity contribution in [1.29, 1.82) is 0 Å². The van der Waals surface area contributed by atoms with Crippen LogP contribution in [0.15, 0.2) is 88.1 Å². The van der Waals surface area contributed by atoms with Crippen molar-refractivity contribution < 1.29 is 13.9 Å². The standard InChI is InChI=1S/C22H18N2O4/c25-21(14-24-19-8-4-5-9-20(19)28-22(24)26)23-17-10-12-18(13-11-17)27-15-16-6-2-1-3-7-16/h1-13H,14-15H2,(H,23,25). The van der Waals surface area contributed by atoms with Gasteiger partial charge in [-0.25, -0.2) is 4.79 Å². The number of para-hydroxylation sites is 2. The van der Waals surface area contributed by atoms with Gasteiger partial charge in [0.1, 0.15) is 18.9 Å². The third kappa shape index (κ3) is 3.96. The highest BCUT2D eigenvalue weighted by molar-refractivity contribution is 5.91. The van der Waals surface area contributed by atoms with E-state index in [9.17, 15) is 9.59 Å². The van der Waals surface area contributed by atoms with E-state index in [1.807, 2.05) is 30.3 Å². The van der Waals surface area contributed by atoms with Crippen LogP contribution in [0.5, 0.6) is 5.75 Å². The van der Waals surface area contributed by atoms with Gasteiger partial charge in [-0.2, -0.15) is 0 Å². The van der Waals surface area contributed by atoms with E-state index in [1.54, 1.807) is 48.5 Å². The molecule has 28 heavy (non-hydrogen) atoms. The number of carbonyl (C=O) groups excluding carboxylic acids is 1. The molecule has 0 spiro atoms. The van der Waals surface area contributed by atoms with Gasteiger partial charge in [-0.15, -0.1) is 0 Å². The van der Waals surface area contributed by atoms with Gasteiger partial charge in [-0.05, 0) is 42.0 Å². The summed E-state index contributed by atoms with van der Waals surface area (Å²) in [4.78, 5) is 24.3. The highest BCUT2D eigenvalue weighted by Gasteiger charge is 2.12. The van der Waals surface area contributed by atoms with Gasteiger partial charge in [0.15, 0.2) is 5.58 Å².